The number of ether oxygens (including phenoxy) is 1. The zero-order valence-corrected chi connectivity index (χ0v) is 26.1. The maximum Gasteiger partial charge on any atom is 0.407 e. The number of carboxylic acids is 1. The number of rotatable bonds is 10. The molecule has 0 heterocycles. The molecule has 3 atom stereocenters. The van der Waals surface area contributed by atoms with Gasteiger partial charge in [-0.1, -0.05) is 72.8 Å². The second kappa shape index (κ2) is 12.6. The average Bonchev–Trinajstić information content (AvgIpc) is 3.25. The largest absolute Gasteiger partial charge is 0.480 e. The molecule has 0 bridgehead atoms. The van der Waals surface area contributed by atoms with Crippen molar-refractivity contribution in [3.05, 3.63) is 95.1 Å². The maximum absolute atomic E-state index is 15.7. The molecular weight excluding hydrogens is 572 g/mol. The second-order valence-corrected chi connectivity index (χ2v) is 14.4. The first kappa shape index (κ1) is 30.9. The number of carboxylic acid groups (broad SMARTS) is 1. The smallest absolute Gasteiger partial charge is 0.407 e. The zero-order valence-electron chi connectivity index (χ0n) is 26.2. The van der Waals surface area contributed by atoms with Crippen LogP contribution in [0.15, 0.2) is 72.8 Å². The van der Waals surface area contributed by atoms with Gasteiger partial charge in [-0.25, -0.2) is 14.0 Å². The van der Waals surface area contributed by atoms with E-state index in [4.69, 9.17) is 15.2 Å². The fourth-order valence-electron chi connectivity index (χ4n) is 4.95. The SMILES string of the molecule is [2H]C(OC(=O)N[C@@H](Cc1ccc(C(F)P(=O)(OC(C)(C)C)OC(C)(C)C)cc1)C(=O)O)C1c2ccccc2-c2ccccc21. The Hall–Kier alpha value is -3.52. The number of alkyl halides is 1. The van der Waals surface area contributed by atoms with Gasteiger partial charge >= 0.3 is 19.7 Å². The number of carbonyl (C=O) groups is 2. The number of alkyl carbamates (subject to hydrolysis) is 1. The van der Waals surface area contributed by atoms with E-state index in [2.05, 4.69) is 5.32 Å². The number of benzene rings is 3. The minimum Gasteiger partial charge on any atom is -0.480 e. The summed E-state index contributed by atoms with van der Waals surface area (Å²) in [7, 11) is -4.27. The van der Waals surface area contributed by atoms with Gasteiger partial charge in [-0.2, -0.15) is 0 Å². The molecule has 0 saturated carbocycles. The van der Waals surface area contributed by atoms with Gasteiger partial charge in [0.15, 0.2) is 0 Å². The molecule has 1 amide bonds. The molecule has 8 nitrogen and oxygen atoms in total. The summed E-state index contributed by atoms with van der Waals surface area (Å²) in [6, 6.07) is 19.6. The highest BCUT2D eigenvalue weighted by molar-refractivity contribution is 7.54. The van der Waals surface area contributed by atoms with Crippen molar-refractivity contribution in [2.45, 2.75) is 77.0 Å². The lowest BCUT2D eigenvalue weighted by atomic mass is 9.98. The Bertz CT molecular complexity index is 1490. The summed E-state index contributed by atoms with van der Waals surface area (Å²) in [5, 5.41) is 12.1. The van der Waals surface area contributed by atoms with Gasteiger partial charge in [0.1, 0.15) is 12.6 Å². The van der Waals surface area contributed by atoms with Gasteiger partial charge in [-0.15, -0.1) is 0 Å². The number of fused-ring (bicyclic) bond motifs is 3. The average molecular weight is 613 g/mol. The summed E-state index contributed by atoms with van der Waals surface area (Å²) in [6.07, 6.45) is -1.19. The van der Waals surface area contributed by atoms with Gasteiger partial charge in [-0.05, 0) is 74.9 Å². The molecule has 2 unspecified atom stereocenters. The Balaban J connectivity index is 1.44. The van der Waals surface area contributed by atoms with E-state index in [9.17, 15) is 19.3 Å². The van der Waals surface area contributed by atoms with E-state index in [0.29, 0.717) is 5.56 Å². The van der Waals surface area contributed by atoms with Gasteiger partial charge in [0.2, 0.25) is 5.91 Å². The van der Waals surface area contributed by atoms with Gasteiger partial charge in [0.05, 0.1) is 12.6 Å². The van der Waals surface area contributed by atoms with Crippen molar-refractivity contribution in [3.8, 4) is 11.1 Å². The molecule has 1 aliphatic carbocycles. The predicted octanol–water partition coefficient (Wildman–Crippen LogP) is 8.01. The number of hydrogen-bond acceptors (Lipinski definition) is 6. The molecule has 3 aromatic carbocycles. The van der Waals surface area contributed by atoms with Crippen molar-refractivity contribution < 1.29 is 38.8 Å². The van der Waals surface area contributed by atoms with Crippen LogP contribution in [0.5, 0.6) is 0 Å². The maximum atomic E-state index is 15.7. The number of aliphatic carboxylic acids is 1. The minimum absolute atomic E-state index is 0.0407. The van der Waals surface area contributed by atoms with Crippen LogP contribution in [-0.4, -0.2) is 41.0 Å². The van der Waals surface area contributed by atoms with Crippen LogP contribution in [0, 0.1) is 0 Å². The van der Waals surface area contributed by atoms with Crippen molar-refractivity contribution in [2.24, 2.45) is 0 Å². The van der Waals surface area contributed by atoms with E-state index in [0.717, 1.165) is 22.3 Å². The van der Waals surface area contributed by atoms with E-state index in [1.54, 1.807) is 41.5 Å². The Morgan fingerprint density at radius 1 is 0.907 bits per heavy atom. The Kier molecular flexibility index (Phi) is 9.07. The Labute approximate surface area is 253 Å². The molecule has 4 rings (SSSR count). The summed E-state index contributed by atoms with van der Waals surface area (Å²) >= 11 is 0. The van der Waals surface area contributed by atoms with Crippen LogP contribution in [0.25, 0.3) is 11.1 Å². The Morgan fingerprint density at radius 2 is 1.40 bits per heavy atom. The first-order valence-corrected chi connectivity index (χ1v) is 15.6. The van der Waals surface area contributed by atoms with Gasteiger partial charge in [0.25, 0.3) is 0 Å². The second-order valence-electron chi connectivity index (χ2n) is 12.5. The quantitative estimate of drug-likeness (QED) is 0.223. The molecular formula is C33H39FNO7P. The predicted molar refractivity (Wildman–Crippen MR) is 163 cm³/mol. The standard InChI is InChI=1S/C33H39FNO7P/c1-32(2,3)41-43(39,42-33(4,5)6)29(34)22-17-15-21(16-18-22)19-28(30(36)37)35-31(38)40-20-27-25-13-9-7-11-23(25)24-12-8-10-14-26(24)27/h7-18,27-29H,19-20H2,1-6H3,(H,35,38)(H,36,37)/t28-,29?/m0/s1/i20D/t20?,28-,29?. The van der Waals surface area contributed by atoms with Crippen molar-refractivity contribution >= 4 is 19.7 Å². The molecule has 0 aliphatic heterocycles. The highest BCUT2D eigenvalue weighted by atomic mass is 31.2. The summed E-state index contributed by atoms with van der Waals surface area (Å²) in [5.74, 6) is -3.93. The first-order chi connectivity index (χ1) is 20.5. The molecule has 1 aliphatic rings. The number of carbonyl (C=O) groups excluding carboxylic acids is 1. The fourth-order valence-corrected chi connectivity index (χ4v) is 7.24. The van der Waals surface area contributed by atoms with Gasteiger partial charge < -0.3 is 24.2 Å². The molecule has 0 aromatic heterocycles. The molecule has 43 heavy (non-hydrogen) atoms. The highest BCUT2D eigenvalue weighted by Gasteiger charge is 2.44. The number of halogens is 1. The monoisotopic (exact) mass is 612 g/mol. The summed E-state index contributed by atoms with van der Waals surface area (Å²) < 4.78 is 54.5. The zero-order chi connectivity index (χ0) is 32.4. The lowest BCUT2D eigenvalue weighted by Crippen LogP contribution is -2.42. The number of nitrogens with one attached hydrogen (secondary N) is 1. The lowest BCUT2D eigenvalue weighted by molar-refractivity contribution is -0.139. The van der Waals surface area contributed by atoms with Crippen LogP contribution in [0.1, 0.15) is 77.0 Å². The van der Waals surface area contributed by atoms with Crippen molar-refractivity contribution in [1.29, 1.82) is 0 Å². The third-order valence-electron chi connectivity index (χ3n) is 6.56. The molecule has 0 spiro atoms. The summed E-state index contributed by atoms with van der Waals surface area (Å²) in [5.41, 5.74) is 2.26. The third kappa shape index (κ3) is 8.11. The summed E-state index contributed by atoms with van der Waals surface area (Å²) in [4.78, 5) is 24.8. The van der Waals surface area contributed by atoms with Crippen LogP contribution in [0.3, 0.4) is 0 Å². The molecule has 0 fully saturated rings. The lowest BCUT2D eigenvalue weighted by Gasteiger charge is -2.33. The normalized spacial score (nSPS) is 15.9. The van der Waals surface area contributed by atoms with E-state index in [1.165, 1.54) is 24.3 Å². The fraction of sp³-hybridized carbons (Fsp3) is 0.394. The summed E-state index contributed by atoms with van der Waals surface area (Å²) in [6.45, 7) is 8.59. The Morgan fingerprint density at radius 3 is 1.86 bits per heavy atom. The van der Waals surface area contributed by atoms with Crippen molar-refractivity contribution in [2.75, 3.05) is 6.58 Å². The van der Waals surface area contributed by atoms with Crippen LogP contribution < -0.4 is 5.32 Å². The molecule has 230 valence electrons. The van der Waals surface area contributed by atoms with Crippen LogP contribution in [0.2, 0.25) is 0 Å². The van der Waals surface area contributed by atoms with E-state index in [1.807, 2.05) is 48.5 Å². The van der Waals surface area contributed by atoms with E-state index >= 15 is 4.39 Å². The van der Waals surface area contributed by atoms with Gasteiger partial charge in [0, 0.05) is 12.3 Å². The van der Waals surface area contributed by atoms with Crippen molar-refractivity contribution in [1.82, 2.24) is 5.32 Å². The first-order valence-electron chi connectivity index (χ1n) is 14.6. The number of hydrogen-bond donors (Lipinski definition) is 2. The third-order valence-corrected chi connectivity index (χ3v) is 9.02. The molecule has 3 aromatic rings. The topological polar surface area (TPSA) is 111 Å². The van der Waals surface area contributed by atoms with E-state index < -0.39 is 55.3 Å². The number of amides is 1. The van der Waals surface area contributed by atoms with Gasteiger partial charge in [-0.3, -0.25) is 4.57 Å². The molecule has 0 radical (unpaired) electrons. The minimum atomic E-state index is -4.27. The van der Waals surface area contributed by atoms with Crippen LogP contribution in [0.4, 0.5) is 9.18 Å². The highest BCUT2D eigenvalue weighted by Crippen LogP contribution is 2.65. The van der Waals surface area contributed by atoms with Crippen LogP contribution >= 0.6 is 7.60 Å². The van der Waals surface area contributed by atoms with Crippen LogP contribution in [-0.2, 0) is 29.6 Å². The van der Waals surface area contributed by atoms with Crippen molar-refractivity contribution in [3.63, 3.8) is 0 Å². The molecule has 10 heteroatoms. The van der Waals surface area contributed by atoms with E-state index in [-0.39, 0.29) is 12.0 Å². The molecule has 0 saturated heterocycles. The molecule has 2 N–H and O–H groups in total.